The molecule has 0 amide bonds. The molecule has 0 spiro atoms. The number of sulfonamides is 1. The highest BCUT2D eigenvalue weighted by Crippen LogP contribution is 2.23. The summed E-state index contributed by atoms with van der Waals surface area (Å²) in [5.41, 5.74) is 0. The first kappa shape index (κ1) is 20.1. The topological polar surface area (TPSA) is 62.3 Å². The van der Waals surface area contributed by atoms with Crippen LogP contribution < -0.4 is 5.32 Å². The van der Waals surface area contributed by atoms with E-state index in [1.807, 2.05) is 19.1 Å². The smallest absolute Gasteiger partial charge is 0.243 e. The zero-order chi connectivity index (χ0) is 14.9. The van der Waals surface area contributed by atoms with E-state index in [9.17, 15) is 8.42 Å². The lowest BCUT2D eigenvalue weighted by Crippen LogP contribution is -2.41. The third-order valence-electron chi connectivity index (χ3n) is 3.88. The summed E-state index contributed by atoms with van der Waals surface area (Å²) in [5, 5.41) is 5.11. The maximum atomic E-state index is 12.9. The van der Waals surface area contributed by atoms with Crippen molar-refractivity contribution in [3.05, 3.63) is 36.7 Å². The van der Waals surface area contributed by atoms with Gasteiger partial charge in [0.1, 0.15) is 0 Å². The summed E-state index contributed by atoms with van der Waals surface area (Å²) in [6.45, 7) is 4.06. The maximum absolute atomic E-state index is 12.9. The van der Waals surface area contributed by atoms with E-state index >= 15 is 0 Å². The number of hydrogen-bond acceptors (Lipinski definition) is 4. The van der Waals surface area contributed by atoms with Gasteiger partial charge >= 0.3 is 0 Å². The number of pyridine rings is 1. The molecule has 8 heteroatoms. The number of fused-ring (bicyclic) bond motifs is 1. The lowest BCUT2D eigenvalue weighted by atomic mass is 10.2. The normalized spacial score (nSPS) is 19.4. The standard InChI is InChI=1S/C15H19N3O2S.2ClH/c1-12-10-16-6-2-8-18(12)21(19,20)15-4-3-14-11-17-7-5-13(14)9-15;;/h3-5,7,9,11-12,16H,2,6,8,10H2,1H3;2*1H. The Kier molecular flexibility index (Phi) is 7.23. The second-order valence-corrected chi connectivity index (χ2v) is 7.30. The predicted octanol–water partition coefficient (Wildman–Crippen LogP) is 2.45. The molecule has 2 heterocycles. The van der Waals surface area contributed by atoms with Crippen LogP contribution in [0.5, 0.6) is 0 Å². The molecular weight excluding hydrogens is 357 g/mol. The van der Waals surface area contributed by atoms with Crippen molar-refractivity contribution in [1.82, 2.24) is 14.6 Å². The average molecular weight is 378 g/mol. The van der Waals surface area contributed by atoms with Crippen LogP contribution in [0.4, 0.5) is 0 Å². The Morgan fingerprint density at radius 1 is 1.22 bits per heavy atom. The number of nitrogens with zero attached hydrogens (tertiary/aromatic N) is 2. The van der Waals surface area contributed by atoms with E-state index in [2.05, 4.69) is 10.3 Å². The molecule has 1 saturated heterocycles. The van der Waals surface area contributed by atoms with Crippen LogP contribution in [-0.2, 0) is 10.0 Å². The maximum Gasteiger partial charge on any atom is 0.243 e. The van der Waals surface area contributed by atoms with Crippen molar-refractivity contribution in [3.63, 3.8) is 0 Å². The molecule has 0 radical (unpaired) electrons. The molecule has 2 aromatic rings. The molecule has 0 saturated carbocycles. The van der Waals surface area contributed by atoms with E-state index in [-0.39, 0.29) is 30.9 Å². The van der Waals surface area contributed by atoms with Gasteiger partial charge in [0.25, 0.3) is 0 Å². The quantitative estimate of drug-likeness (QED) is 0.872. The Bertz CT molecular complexity index is 755. The SMILES string of the molecule is CC1CNCCCN1S(=O)(=O)c1ccc2cnccc2c1.Cl.Cl. The number of aromatic nitrogens is 1. The fraction of sp³-hybridized carbons (Fsp3) is 0.400. The minimum Gasteiger partial charge on any atom is -0.315 e. The van der Waals surface area contributed by atoms with Crippen LogP contribution in [0.25, 0.3) is 10.8 Å². The molecule has 1 aliphatic heterocycles. The van der Waals surface area contributed by atoms with Crippen molar-refractivity contribution < 1.29 is 8.42 Å². The Morgan fingerprint density at radius 2 is 2.00 bits per heavy atom. The monoisotopic (exact) mass is 377 g/mol. The van der Waals surface area contributed by atoms with Gasteiger partial charge in [0, 0.05) is 36.9 Å². The zero-order valence-corrected chi connectivity index (χ0v) is 15.3. The summed E-state index contributed by atoms with van der Waals surface area (Å²) in [4.78, 5) is 4.41. The minimum atomic E-state index is -3.45. The van der Waals surface area contributed by atoms with Gasteiger partial charge in [0.2, 0.25) is 10.0 Å². The summed E-state index contributed by atoms with van der Waals surface area (Å²) in [6, 6.07) is 7.02. The predicted molar refractivity (Wildman–Crippen MR) is 97.1 cm³/mol. The Balaban J connectivity index is 0.00000132. The molecule has 1 unspecified atom stereocenters. The number of benzene rings is 1. The first-order valence-corrected chi connectivity index (χ1v) is 8.59. The van der Waals surface area contributed by atoms with Crippen molar-refractivity contribution in [3.8, 4) is 0 Å². The fourth-order valence-corrected chi connectivity index (χ4v) is 4.41. The Hall–Kier alpha value is -0.920. The molecule has 1 aromatic heterocycles. The molecule has 1 aliphatic rings. The summed E-state index contributed by atoms with van der Waals surface area (Å²) in [7, 11) is -3.45. The van der Waals surface area contributed by atoms with E-state index in [1.54, 1.807) is 28.8 Å². The van der Waals surface area contributed by atoms with Crippen LogP contribution in [0.3, 0.4) is 0 Å². The number of hydrogen-bond donors (Lipinski definition) is 1. The molecule has 128 valence electrons. The molecule has 1 atom stereocenters. The first-order valence-electron chi connectivity index (χ1n) is 7.15. The molecule has 1 aromatic carbocycles. The van der Waals surface area contributed by atoms with Crippen LogP contribution in [0, 0.1) is 0 Å². The molecule has 0 aliphatic carbocycles. The Morgan fingerprint density at radius 3 is 2.78 bits per heavy atom. The molecule has 5 nitrogen and oxygen atoms in total. The van der Waals surface area contributed by atoms with Gasteiger partial charge in [-0.05, 0) is 43.5 Å². The lowest BCUT2D eigenvalue weighted by Gasteiger charge is -2.26. The number of rotatable bonds is 2. The van der Waals surface area contributed by atoms with Gasteiger partial charge in [-0.3, -0.25) is 4.98 Å². The Labute approximate surface area is 149 Å². The molecular formula is C15H21Cl2N3O2S. The summed E-state index contributed by atoms with van der Waals surface area (Å²) in [6.07, 6.45) is 4.25. The lowest BCUT2D eigenvalue weighted by molar-refractivity contribution is 0.353. The van der Waals surface area contributed by atoms with Crippen LogP contribution in [0.2, 0.25) is 0 Å². The summed E-state index contributed by atoms with van der Waals surface area (Å²) in [5.74, 6) is 0. The van der Waals surface area contributed by atoms with Crippen molar-refractivity contribution in [2.75, 3.05) is 19.6 Å². The van der Waals surface area contributed by atoms with Gasteiger partial charge in [-0.15, -0.1) is 24.8 Å². The average Bonchev–Trinajstić information content (AvgIpc) is 2.71. The number of nitrogens with one attached hydrogen (secondary N) is 1. The van der Waals surface area contributed by atoms with Crippen molar-refractivity contribution in [2.24, 2.45) is 0 Å². The van der Waals surface area contributed by atoms with E-state index in [0.717, 1.165) is 23.7 Å². The van der Waals surface area contributed by atoms with Crippen LogP contribution >= 0.6 is 24.8 Å². The van der Waals surface area contributed by atoms with Crippen molar-refractivity contribution >= 4 is 45.6 Å². The highest BCUT2D eigenvalue weighted by Gasteiger charge is 2.29. The highest BCUT2D eigenvalue weighted by atomic mass is 35.5. The fourth-order valence-electron chi connectivity index (χ4n) is 2.71. The highest BCUT2D eigenvalue weighted by molar-refractivity contribution is 7.89. The summed E-state index contributed by atoms with van der Waals surface area (Å²) < 4.78 is 27.4. The molecule has 3 rings (SSSR count). The minimum absolute atomic E-state index is 0. The van der Waals surface area contributed by atoms with Gasteiger partial charge in [-0.1, -0.05) is 6.07 Å². The van der Waals surface area contributed by atoms with Crippen LogP contribution in [0.15, 0.2) is 41.6 Å². The van der Waals surface area contributed by atoms with E-state index in [0.29, 0.717) is 18.0 Å². The number of halogens is 2. The van der Waals surface area contributed by atoms with Crippen molar-refractivity contribution in [1.29, 1.82) is 0 Å². The van der Waals surface area contributed by atoms with E-state index < -0.39 is 10.0 Å². The van der Waals surface area contributed by atoms with Crippen LogP contribution in [-0.4, -0.2) is 43.4 Å². The van der Waals surface area contributed by atoms with Gasteiger partial charge in [0.05, 0.1) is 4.90 Å². The second-order valence-electron chi connectivity index (χ2n) is 5.41. The second kappa shape index (κ2) is 8.26. The zero-order valence-electron chi connectivity index (χ0n) is 12.8. The van der Waals surface area contributed by atoms with E-state index in [1.165, 1.54) is 0 Å². The van der Waals surface area contributed by atoms with Gasteiger partial charge in [-0.2, -0.15) is 4.31 Å². The van der Waals surface area contributed by atoms with Crippen molar-refractivity contribution in [2.45, 2.75) is 24.3 Å². The summed E-state index contributed by atoms with van der Waals surface area (Å²) >= 11 is 0. The third-order valence-corrected chi connectivity index (χ3v) is 5.89. The van der Waals surface area contributed by atoms with Gasteiger partial charge < -0.3 is 5.32 Å². The van der Waals surface area contributed by atoms with Crippen LogP contribution in [0.1, 0.15) is 13.3 Å². The largest absolute Gasteiger partial charge is 0.315 e. The first-order chi connectivity index (χ1) is 10.1. The molecule has 1 fully saturated rings. The molecule has 0 bridgehead atoms. The van der Waals surface area contributed by atoms with Gasteiger partial charge in [0.15, 0.2) is 0 Å². The molecule has 1 N–H and O–H groups in total. The van der Waals surface area contributed by atoms with E-state index in [4.69, 9.17) is 0 Å². The third kappa shape index (κ3) is 4.14. The molecule has 23 heavy (non-hydrogen) atoms. The van der Waals surface area contributed by atoms with Gasteiger partial charge in [-0.25, -0.2) is 8.42 Å².